The highest BCUT2D eigenvalue weighted by Gasteiger charge is 2.32. The van der Waals surface area contributed by atoms with Crippen LogP contribution in [0.1, 0.15) is 34.8 Å². The highest BCUT2D eigenvalue weighted by Crippen LogP contribution is 2.39. The molecule has 3 aromatic carbocycles. The third-order valence-electron chi connectivity index (χ3n) is 7.50. The minimum Gasteiger partial charge on any atom is -0.482 e. The van der Waals surface area contributed by atoms with Gasteiger partial charge >= 0.3 is 0 Å². The first-order valence-electron chi connectivity index (χ1n) is 13.1. The van der Waals surface area contributed by atoms with Crippen molar-refractivity contribution in [1.29, 1.82) is 0 Å². The molecule has 2 heterocycles. The number of anilines is 1. The van der Waals surface area contributed by atoms with E-state index in [2.05, 4.69) is 4.90 Å². The Labute approximate surface area is 243 Å². The van der Waals surface area contributed by atoms with Crippen LogP contribution in [0.25, 0.3) is 11.1 Å². The number of hydrogen-bond acceptors (Lipinski definition) is 5. The minimum atomic E-state index is -0.476. The molecule has 208 valence electrons. The van der Waals surface area contributed by atoms with Crippen LogP contribution in [0.2, 0.25) is 10.0 Å². The van der Waals surface area contributed by atoms with E-state index in [-0.39, 0.29) is 36.0 Å². The summed E-state index contributed by atoms with van der Waals surface area (Å²) in [7, 11) is 1.77. The third-order valence-corrected chi connectivity index (χ3v) is 8.23. The van der Waals surface area contributed by atoms with Crippen LogP contribution in [0.5, 0.6) is 5.75 Å². The first-order chi connectivity index (χ1) is 19.2. The summed E-state index contributed by atoms with van der Waals surface area (Å²) in [5.74, 6) is -0.605. The average molecular weight is 582 g/mol. The standard InChI is InChI=1S/C30H30Cl2N4O4/c1-34(28(37)17-36-25-14-23(31)24(32)15-27(25)40-18-29(36)38)26(16-35-11-2-3-12-35)20-9-7-19(8-10-20)21-5-4-6-22(13-21)30(33)39/h4-10,13-15,26H,2-3,11-12,16-18H2,1H3,(H2,33,39). The quantitative estimate of drug-likeness (QED) is 0.413. The maximum atomic E-state index is 13.7. The second-order valence-corrected chi connectivity index (χ2v) is 10.9. The number of likely N-dealkylation sites (tertiary alicyclic amines) is 1. The molecule has 1 saturated heterocycles. The summed E-state index contributed by atoms with van der Waals surface area (Å²) in [5, 5.41) is 0.589. The van der Waals surface area contributed by atoms with Gasteiger partial charge in [-0.1, -0.05) is 59.6 Å². The predicted octanol–water partition coefficient (Wildman–Crippen LogP) is 4.78. The Morgan fingerprint density at radius 1 is 1.00 bits per heavy atom. The van der Waals surface area contributed by atoms with E-state index in [1.165, 1.54) is 4.90 Å². The highest BCUT2D eigenvalue weighted by molar-refractivity contribution is 6.42. The molecule has 10 heteroatoms. The minimum absolute atomic E-state index is 0.155. The number of halogens is 2. The molecule has 0 saturated carbocycles. The molecule has 0 spiro atoms. The number of benzene rings is 3. The molecule has 3 amide bonds. The fourth-order valence-corrected chi connectivity index (χ4v) is 5.51. The van der Waals surface area contributed by atoms with Crippen molar-refractivity contribution in [2.75, 3.05) is 44.7 Å². The summed E-state index contributed by atoms with van der Waals surface area (Å²) in [5.41, 5.74) is 9.11. The molecule has 0 radical (unpaired) electrons. The number of amides is 3. The SMILES string of the molecule is CN(C(=O)CN1C(=O)COc2cc(Cl)c(Cl)cc21)C(CN1CCCC1)c1ccc(-c2cccc(C(N)=O)c2)cc1. The smallest absolute Gasteiger partial charge is 0.265 e. The first kappa shape index (κ1) is 28.0. The van der Waals surface area contributed by atoms with Gasteiger partial charge in [-0.05, 0) is 60.8 Å². The summed E-state index contributed by atoms with van der Waals surface area (Å²) in [6, 6.07) is 18.0. The third kappa shape index (κ3) is 5.94. The number of nitrogens with two attached hydrogens (primary N) is 1. The molecule has 1 fully saturated rings. The van der Waals surface area contributed by atoms with Crippen LogP contribution in [0.15, 0.2) is 60.7 Å². The van der Waals surface area contributed by atoms with E-state index in [0.29, 0.717) is 28.6 Å². The lowest BCUT2D eigenvalue weighted by atomic mass is 9.98. The zero-order chi connectivity index (χ0) is 28.4. The molecular formula is C30H30Cl2N4O4. The number of primary amides is 1. The Hall–Kier alpha value is -3.59. The lowest BCUT2D eigenvalue weighted by Crippen LogP contribution is -2.47. The van der Waals surface area contributed by atoms with Crippen molar-refractivity contribution in [3.8, 4) is 16.9 Å². The number of ether oxygens (including phenoxy) is 1. The van der Waals surface area contributed by atoms with Crippen molar-refractivity contribution in [2.45, 2.75) is 18.9 Å². The molecule has 0 aromatic heterocycles. The van der Waals surface area contributed by atoms with Crippen LogP contribution >= 0.6 is 23.2 Å². The molecule has 2 N–H and O–H groups in total. The van der Waals surface area contributed by atoms with Crippen LogP contribution in [0, 0.1) is 0 Å². The molecule has 0 aliphatic carbocycles. The number of carbonyl (C=O) groups is 3. The van der Waals surface area contributed by atoms with Crippen molar-refractivity contribution in [2.24, 2.45) is 5.73 Å². The van der Waals surface area contributed by atoms with Gasteiger partial charge in [0.15, 0.2) is 6.61 Å². The van der Waals surface area contributed by atoms with Crippen LogP contribution < -0.4 is 15.4 Å². The number of nitrogens with zero attached hydrogens (tertiary/aromatic N) is 3. The van der Waals surface area contributed by atoms with E-state index in [0.717, 1.165) is 42.6 Å². The highest BCUT2D eigenvalue weighted by atomic mass is 35.5. The summed E-state index contributed by atoms with van der Waals surface area (Å²) < 4.78 is 5.53. The van der Waals surface area contributed by atoms with Crippen molar-refractivity contribution < 1.29 is 19.1 Å². The Balaban J connectivity index is 1.39. The Morgan fingerprint density at radius 2 is 1.70 bits per heavy atom. The van der Waals surface area contributed by atoms with Crippen molar-refractivity contribution in [3.63, 3.8) is 0 Å². The number of likely N-dealkylation sites (N-methyl/N-ethyl adjacent to an activating group) is 1. The molecule has 1 unspecified atom stereocenters. The summed E-state index contributed by atoms with van der Waals surface area (Å²) in [6.07, 6.45) is 2.25. The van der Waals surface area contributed by atoms with Crippen LogP contribution in [-0.4, -0.2) is 67.4 Å². The Morgan fingerprint density at radius 3 is 2.40 bits per heavy atom. The van der Waals surface area contributed by atoms with Gasteiger partial charge in [0.2, 0.25) is 11.8 Å². The molecule has 8 nitrogen and oxygen atoms in total. The first-order valence-corrected chi connectivity index (χ1v) is 13.9. The summed E-state index contributed by atoms with van der Waals surface area (Å²) in [6.45, 7) is 2.29. The normalized spacial score (nSPS) is 15.9. The topological polar surface area (TPSA) is 96.2 Å². The Kier molecular flexibility index (Phi) is 8.30. The monoisotopic (exact) mass is 580 g/mol. The van der Waals surface area contributed by atoms with E-state index in [4.69, 9.17) is 33.7 Å². The van der Waals surface area contributed by atoms with E-state index in [9.17, 15) is 14.4 Å². The zero-order valence-electron chi connectivity index (χ0n) is 22.1. The second-order valence-electron chi connectivity index (χ2n) is 10.1. The molecule has 2 aliphatic rings. The molecule has 0 bridgehead atoms. The van der Waals surface area contributed by atoms with Gasteiger partial charge in [0.25, 0.3) is 5.91 Å². The van der Waals surface area contributed by atoms with E-state index >= 15 is 0 Å². The molecule has 2 aliphatic heterocycles. The lowest BCUT2D eigenvalue weighted by Gasteiger charge is -2.35. The van der Waals surface area contributed by atoms with Gasteiger partial charge in [-0.2, -0.15) is 0 Å². The molecule has 3 aromatic rings. The lowest BCUT2D eigenvalue weighted by molar-refractivity contribution is -0.133. The van der Waals surface area contributed by atoms with Crippen LogP contribution in [0.3, 0.4) is 0 Å². The van der Waals surface area contributed by atoms with Gasteiger partial charge in [0.1, 0.15) is 12.3 Å². The molecule has 40 heavy (non-hydrogen) atoms. The van der Waals surface area contributed by atoms with Gasteiger partial charge in [-0.15, -0.1) is 0 Å². The van der Waals surface area contributed by atoms with Gasteiger partial charge in [-0.3, -0.25) is 19.3 Å². The average Bonchev–Trinajstić information content (AvgIpc) is 3.47. The molecular weight excluding hydrogens is 551 g/mol. The van der Waals surface area contributed by atoms with E-state index < -0.39 is 5.91 Å². The van der Waals surface area contributed by atoms with Crippen molar-refractivity contribution >= 4 is 46.6 Å². The fourth-order valence-electron chi connectivity index (χ4n) is 5.20. The number of fused-ring (bicyclic) bond motifs is 1. The van der Waals surface area contributed by atoms with Gasteiger partial charge in [0, 0.05) is 25.2 Å². The van der Waals surface area contributed by atoms with Crippen molar-refractivity contribution in [1.82, 2.24) is 9.80 Å². The van der Waals surface area contributed by atoms with Gasteiger partial charge < -0.3 is 20.3 Å². The van der Waals surface area contributed by atoms with Crippen LogP contribution in [0.4, 0.5) is 5.69 Å². The summed E-state index contributed by atoms with van der Waals surface area (Å²) >= 11 is 12.3. The molecule has 5 rings (SSSR count). The zero-order valence-corrected chi connectivity index (χ0v) is 23.6. The van der Waals surface area contributed by atoms with E-state index in [1.807, 2.05) is 30.3 Å². The maximum Gasteiger partial charge on any atom is 0.265 e. The largest absolute Gasteiger partial charge is 0.482 e. The van der Waals surface area contributed by atoms with Gasteiger partial charge in [-0.25, -0.2) is 0 Å². The number of carbonyl (C=O) groups excluding carboxylic acids is 3. The summed E-state index contributed by atoms with van der Waals surface area (Å²) in [4.78, 5) is 43.6. The maximum absolute atomic E-state index is 13.7. The Bertz CT molecular complexity index is 1440. The second kappa shape index (κ2) is 11.9. The van der Waals surface area contributed by atoms with E-state index in [1.54, 1.807) is 42.3 Å². The number of hydrogen-bond donors (Lipinski definition) is 1. The predicted molar refractivity (Wildman–Crippen MR) is 156 cm³/mol. The van der Waals surface area contributed by atoms with Crippen LogP contribution in [-0.2, 0) is 9.59 Å². The van der Waals surface area contributed by atoms with Gasteiger partial charge in [0.05, 0.1) is 21.8 Å². The molecule has 1 atom stereocenters. The van der Waals surface area contributed by atoms with Crippen molar-refractivity contribution in [3.05, 3.63) is 81.8 Å². The fraction of sp³-hybridized carbons (Fsp3) is 0.300. The number of rotatable bonds is 8.